The first-order chi connectivity index (χ1) is 9.21. The molecule has 0 N–H and O–H groups in total. The smallest absolute Gasteiger partial charge is 0.121 e. The summed E-state index contributed by atoms with van der Waals surface area (Å²) in [5, 5.41) is 0. The second-order valence-corrected chi connectivity index (χ2v) is 5.21. The molecule has 0 amide bonds. The molecule has 104 valence electrons. The Hall–Kier alpha value is -1.22. The maximum absolute atomic E-state index is 5.90. The summed E-state index contributed by atoms with van der Waals surface area (Å²) in [6.07, 6.45) is 3.09. The van der Waals surface area contributed by atoms with Crippen LogP contribution in [0.15, 0.2) is 18.2 Å². The maximum Gasteiger partial charge on any atom is 0.121 e. The first kappa shape index (κ1) is 14.2. The van der Waals surface area contributed by atoms with E-state index in [-0.39, 0.29) is 0 Å². The Balaban J connectivity index is 2.56. The number of alkyl halides is 1. The molecule has 0 saturated heterocycles. The van der Waals surface area contributed by atoms with Gasteiger partial charge in [0, 0.05) is 24.4 Å². The molecule has 1 heterocycles. The second kappa shape index (κ2) is 6.29. The molecule has 19 heavy (non-hydrogen) atoms. The fourth-order valence-corrected chi connectivity index (χ4v) is 2.72. The zero-order valence-electron chi connectivity index (χ0n) is 11.8. The number of hydrogen-bond donors (Lipinski definition) is 0. The summed E-state index contributed by atoms with van der Waals surface area (Å²) in [7, 11) is 1.69. The number of methoxy groups -OCH3 is 1. The van der Waals surface area contributed by atoms with Gasteiger partial charge in [-0.05, 0) is 25.5 Å². The number of aryl methyl sites for hydroxylation is 1. The number of nitrogens with zero attached hydrogens (tertiary/aromatic N) is 2. The van der Waals surface area contributed by atoms with Crippen molar-refractivity contribution in [1.29, 1.82) is 0 Å². The van der Waals surface area contributed by atoms with Gasteiger partial charge in [0.2, 0.25) is 0 Å². The summed E-state index contributed by atoms with van der Waals surface area (Å²) in [6.45, 7) is 4.44. The molecule has 0 radical (unpaired) electrons. The largest absolute Gasteiger partial charge is 0.497 e. The van der Waals surface area contributed by atoms with Crippen molar-refractivity contribution in [3.63, 3.8) is 0 Å². The van der Waals surface area contributed by atoms with Gasteiger partial charge in [-0.15, -0.1) is 11.6 Å². The van der Waals surface area contributed by atoms with E-state index in [0.717, 1.165) is 41.9 Å². The molecule has 4 heteroatoms. The Bertz CT molecular complexity index is 550. The van der Waals surface area contributed by atoms with Crippen LogP contribution < -0.4 is 4.74 Å². The van der Waals surface area contributed by atoms with E-state index in [2.05, 4.69) is 24.5 Å². The number of hydrogen-bond acceptors (Lipinski definition) is 2. The zero-order valence-corrected chi connectivity index (χ0v) is 12.6. The van der Waals surface area contributed by atoms with Crippen molar-refractivity contribution in [2.75, 3.05) is 13.0 Å². The minimum atomic E-state index is 0.431. The standard InChI is InChI=1S/C15H21ClN2O/c1-4-5-11(2)18-14-10-12(19-3)6-7-13(14)17-15(18)8-9-16/h6-7,10-11H,4-5,8-9H2,1-3H3. The first-order valence-corrected chi connectivity index (χ1v) is 7.35. The topological polar surface area (TPSA) is 27.1 Å². The van der Waals surface area contributed by atoms with Crippen LogP contribution in [-0.2, 0) is 6.42 Å². The van der Waals surface area contributed by atoms with Crippen LogP contribution in [0.5, 0.6) is 5.75 Å². The number of benzene rings is 1. The lowest BCUT2D eigenvalue weighted by atomic mass is 10.2. The van der Waals surface area contributed by atoms with Crippen LogP contribution in [0.2, 0.25) is 0 Å². The van der Waals surface area contributed by atoms with Gasteiger partial charge in [-0.1, -0.05) is 13.3 Å². The molecule has 0 aliphatic rings. The van der Waals surface area contributed by atoms with E-state index < -0.39 is 0 Å². The van der Waals surface area contributed by atoms with Crippen LogP contribution in [0.3, 0.4) is 0 Å². The van der Waals surface area contributed by atoms with Gasteiger partial charge in [-0.3, -0.25) is 0 Å². The molecule has 0 spiro atoms. The van der Waals surface area contributed by atoms with Crippen molar-refractivity contribution >= 4 is 22.6 Å². The van der Waals surface area contributed by atoms with Gasteiger partial charge in [-0.25, -0.2) is 4.98 Å². The number of rotatable bonds is 6. The second-order valence-electron chi connectivity index (χ2n) is 4.83. The van der Waals surface area contributed by atoms with Crippen molar-refractivity contribution < 1.29 is 4.74 Å². The number of ether oxygens (including phenoxy) is 1. The van der Waals surface area contributed by atoms with Gasteiger partial charge < -0.3 is 9.30 Å². The number of fused-ring (bicyclic) bond motifs is 1. The van der Waals surface area contributed by atoms with Crippen molar-refractivity contribution in [2.45, 2.75) is 39.2 Å². The van der Waals surface area contributed by atoms with Crippen molar-refractivity contribution in [2.24, 2.45) is 0 Å². The van der Waals surface area contributed by atoms with Gasteiger partial charge >= 0.3 is 0 Å². The molecule has 0 bridgehead atoms. The predicted molar refractivity (Wildman–Crippen MR) is 80.3 cm³/mol. The Morgan fingerprint density at radius 2 is 2.21 bits per heavy atom. The lowest BCUT2D eigenvalue weighted by Crippen LogP contribution is -2.09. The average molecular weight is 281 g/mol. The average Bonchev–Trinajstić information content (AvgIpc) is 2.76. The molecule has 0 aliphatic heterocycles. The van der Waals surface area contributed by atoms with Gasteiger partial charge in [0.1, 0.15) is 11.6 Å². The van der Waals surface area contributed by atoms with Gasteiger partial charge in [0.25, 0.3) is 0 Å². The molecule has 0 saturated carbocycles. The van der Waals surface area contributed by atoms with Gasteiger partial charge in [0.05, 0.1) is 18.1 Å². The van der Waals surface area contributed by atoms with E-state index in [1.165, 1.54) is 0 Å². The third kappa shape index (κ3) is 2.86. The highest BCUT2D eigenvalue weighted by atomic mass is 35.5. The highest BCUT2D eigenvalue weighted by Crippen LogP contribution is 2.27. The quantitative estimate of drug-likeness (QED) is 0.742. The molecule has 2 aromatic rings. The lowest BCUT2D eigenvalue weighted by molar-refractivity contribution is 0.415. The molecular formula is C15H21ClN2O. The summed E-state index contributed by atoms with van der Waals surface area (Å²) >= 11 is 5.90. The summed E-state index contributed by atoms with van der Waals surface area (Å²) < 4.78 is 7.63. The number of imidazole rings is 1. The molecule has 1 aromatic carbocycles. The molecule has 1 unspecified atom stereocenters. The minimum Gasteiger partial charge on any atom is -0.497 e. The Kier molecular flexibility index (Phi) is 4.70. The van der Waals surface area contributed by atoms with Gasteiger partial charge in [-0.2, -0.15) is 0 Å². The van der Waals surface area contributed by atoms with Crippen LogP contribution in [0.4, 0.5) is 0 Å². The summed E-state index contributed by atoms with van der Waals surface area (Å²) in [5.41, 5.74) is 2.16. The van der Waals surface area contributed by atoms with Crippen LogP contribution >= 0.6 is 11.6 Å². The van der Waals surface area contributed by atoms with Crippen molar-refractivity contribution in [3.05, 3.63) is 24.0 Å². The number of halogens is 1. The highest BCUT2D eigenvalue weighted by molar-refractivity contribution is 6.17. The first-order valence-electron chi connectivity index (χ1n) is 6.82. The molecule has 3 nitrogen and oxygen atoms in total. The van der Waals surface area contributed by atoms with E-state index in [0.29, 0.717) is 11.9 Å². The van der Waals surface area contributed by atoms with Crippen LogP contribution in [0, 0.1) is 0 Å². The predicted octanol–water partition coefficient (Wildman–Crippen LogP) is 4.19. The van der Waals surface area contributed by atoms with Crippen LogP contribution in [0.1, 0.15) is 38.6 Å². The molecule has 1 aromatic heterocycles. The fourth-order valence-electron chi connectivity index (χ4n) is 2.55. The third-order valence-corrected chi connectivity index (χ3v) is 3.62. The Labute approximate surface area is 119 Å². The Morgan fingerprint density at radius 3 is 2.84 bits per heavy atom. The normalized spacial score (nSPS) is 12.8. The maximum atomic E-state index is 5.90. The zero-order chi connectivity index (χ0) is 13.8. The van der Waals surface area contributed by atoms with E-state index in [1.54, 1.807) is 7.11 Å². The van der Waals surface area contributed by atoms with E-state index >= 15 is 0 Å². The SMILES string of the molecule is CCCC(C)n1c(CCCl)nc2ccc(OC)cc21. The lowest BCUT2D eigenvalue weighted by Gasteiger charge is -2.17. The fraction of sp³-hybridized carbons (Fsp3) is 0.533. The van der Waals surface area contributed by atoms with Crippen molar-refractivity contribution in [3.8, 4) is 5.75 Å². The monoisotopic (exact) mass is 280 g/mol. The van der Waals surface area contributed by atoms with E-state index in [1.807, 2.05) is 12.1 Å². The van der Waals surface area contributed by atoms with E-state index in [4.69, 9.17) is 21.3 Å². The summed E-state index contributed by atoms with van der Waals surface area (Å²) in [6, 6.07) is 6.46. The summed E-state index contributed by atoms with van der Waals surface area (Å²) in [5.74, 6) is 2.54. The number of aromatic nitrogens is 2. The highest BCUT2D eigenvalue weighted by Gasteiger charge is 2.15. The van der Waals surface area contributed by atoms with Gasteiger partial charge in [0.15, 0.2) is 0 Å². The molecular weight excluding hydrogens is 260 g/mol. The molecule has 0 aliphatic carbocycles. The Morgan fingerprint density at radius 1 is 1.42 bits per heavy atom. The van der Waals surface area contributed by atoms with Crippen LogP contribution in [-0.4, -0.2) is 22.5 Å². The third-order valence-electron chi connectivity index (χ3n) is 3.44. The molecule has 0 fully saturated rings. The molecule has 1 atom stereocenters. The van der Waals surface area contributed by atoms with E-state index in [9.17, 15) is 0 Å². The van der Waals surface area contributed by atoms with Crippen molar-refractivity contribution in [1.82, 2.24) is 9.55 Å². The van der Waals surface area contributed by atoms with Crippen LogP contribution in [0.25, 0.3) is 11.0 Å². The summed E-state index contributed by atoms with van der Waals surface area (Å²) in [4.78, 5) is 4.70. The molecule has 2 rings (SSSR count). The minimum absolute atomic E-state index is 0.431.